The summed E-state index contributed by atoms with van der Waals surface area (Å²) in [4.78, 5) is 27.3. The number of ether oxygens (including phenoxy) is 1. The highest BCUT2D eigenvalue weighted by atomic mass is 35.5. The van der Waals surface area contributed by atoms with Gasteiger partial charge in [0.05, 0.1) is 13.2 Å². The molecular weight excluding hydrogens is 362 g/mol. The van der Waals surface area contributed by atoms with E-state index < -0.39 is 17.9 Å². The van der Waals surface area contributed by atoms with E-state index in [-0.39, 0.29) is 0 Å². The molecule has 0 saturated carbocycles. The molecule has 0 aliphatic carbocycles. The summed E-state index contributed by atoms with van der Waals surface area (Å²) >= 11 is 5.78. The molecule has 10 nitrogen and oxygen atoms in total. The number of carbonyl (C=O) groups excluding carboxylic acids is 2. The first-order valence-electron chi connectivity index (χ1n) is 8.02. The van der Waals surface area contributed by atoms with Crippen LogP contribution in [0, 0.1) is 0 Å². The van der Waals surface area contributed by atoms with Gasteiger partial charge in [0, 0.05) is 23.7 Å². The van der Waals surface area contributed by atoms with Crippen molar-refractivity contribution >= 4 is 29.4 Å². The Morgan fingerprint density at radius 2 is 1.88 bits per heavy atom. The number of morpholine rings is 1. The maximum Gasteiger partial charge on any atom is 0.269 e. The van der Waals surface area contributed by atoms with Crippen molar-refractivity contribution in [3.05, 3.63) is 34.9 Å². The van der Waals surface area contributed by atoms with Crippen LogP contribution in [0.4, 0.5) is 5.95 Å². The van der Waals surface area contributed by atoms with Crippen molar-refractivity contribution in [2.45, 2.75) is 13.0 Å². The third-order valence-electron chi connectivity index (χ3n) is 3.84. The van der Waals surface area contributed by atoms with E-state index in [9.17, 15) is 9.59 Å². The van der Waals surface area contributed by atoms with Gasteiger partial charge in [-0.1, -0.05) is 16.7 Å². The molecule has 138 valence electrons. The number of tetrazole rings is 1. The molecule has 1 unspecified atom stereocenters. The van der Waals surface area contributed by atoms with Gasteiger partial charge in [-0.3, -0.25) is 20.4 Å². The quantitative estimate of drug-likeness (QED) is 0.728. The molecule has 26 heavy (non-hydrogen) atoms. The van der Waals surface area contributed by atoms with Gasteiger partial charge in [-0.15, -0.1) is 9.90 Å². The maximum absolute atomic E-state index is 12.2. The number of aromatic nitrogens is 4. The van der Waals surface area contributed by atoms with E-state index in [2.05, 4.69) is 26.3 Å². The molecule has 1 aliphatic heterocycles. The number of hydrogen-bond donors (Lipinski definition) is 2. The number of halogens is 1. The van der Waals surface area contributed by atoms with Crippen LogP contribution in [0.1, 0.15) is 23.3 Å². The summed E-state index contributed by atoms with van der Waals surface area (Å²) in [7, 11) is 0. The summed E-state index contributed by atoms with van der Waals surface area (Å²) in [5.41, 5.74) is 5.06. The topological polar surface area (TPSA) is 114 Å². The van der Waals surface area contributed by atoms with Crippen LogP contribution < -0.4 is 15.8 Å². The number of benzene rings is 1. The molecule has 0 radical (unpaired) electrons. The Morgan fingerprint density at radius 1 is 1.19 bits per heavy atom. The molecule has 11 heteroatoms. The third-order valence-corrected chi connectivity index (χ3v) is 4.10. The van der Waals surface area contributed by atoms with Crippen LogP contribution in [-0.4, -0.2) is 58.3 Å². The predicted molar refractivity (Wildman–Crippen MR) is 92.6 cm³/mol. The lowest BCUT2D eigenvalue weighted by molar-refractivity contribution is -0.125. The molecule has 2 heterocycles. The molecule has 3 rings (SSSR count). The molecule has 1 fully saturated rings. The lowest BCUT2D eigenvalue weighted by Gasteiger charge is -2.24. The summed E-state index contributed by atoms with van der Waals surface area (Å²) in [5.74, 6) is -0.487. The maximum atomic E-state index is 12.2. The van der Waals surface area contributed by atoms with E-state index in [0.29, 0.717) is 42.8 Å². The second-order valence-corrected chi connectivity index (χ2v) is 6.07. The Hall–Kier alpha value is -2.72. The number of carbonyl (C=O) groups is 2. The highest BCUT2D eigenvalue weighted by Crippen LogP contribution is 2.11. The van der Waals surface area contributed by atoms with Crippen molar-refractivity contribution in [2.24, 2.45) is 0 Å². The molecule has 2 amide bonds. The monoisotopic (exact) mass is 379 g/mol. The first kappa shape index (κ1) is 18.1. The van der Waals surface area contributed by atoms with Crippen LogP contribution >= 0.6 is 11.6 Å². The fourth-order valence-corrected chi connectivity index (χ4v) is 2.40. The number of amides is 2. The van der Waals surface area contributed by atoms with E-state index in [1.807, 2.05) is 4.90 Å². The Labute approximate surface area is 154 Å². The van der Waals surface area contributed by atoms with Gasteiger partial charge in [-0.05, 0) is 36.4 Å². The van der Waals surface area contributed by atoms with Crippen LogP contribution in [0.25, 0.3) is 0 Å². The summed E-state index contributed by atoms with van der Waals surface area (Å²) in [6, 6.07) is 5.55. The molecule has 1 saturated heterocycles. The van der Waals surface area contributed by atoms with Crippen molar-refractivity contribution in [1.82, 2.24) is 31.1 Å². The van der Waals surface area contributed by atoms with Crippen LogP contribution in [0.3, 0.4) is 0 Å². The minimum absolute atomic E-state index is 0.371. The van der Waals surface area contributed by atoms with Gasteiger partial charge < -0.3 is 9.64 Å². The van der Waals surface area contributed by atoms with Gasteiger partial charge in [-0.25, -0.2) is 0 Å². The Bertz CT molecular complexity index is 774. The minimum Gasteiger partial charge on any atom is -0.378 e. The van der Waals surface area contributed by atoms with Crippen LogP contribution in [0.5, 0.6) is 0 Å². The van der Waals surface area contributed by atoms with Crippen molar-refractivity contribution < 1.29 is 14.3 Å². The van der Waals surface area contributed by atoms with Crippen LogP contribution in [0.2, 0.25) is 5.02 Å². The zero-order chi connectivity index (χ0) is 18.5. The Balaban J connectivity index is 1.55. The first-order chi connectivity index (χ1) is 12.5. The number of hydrazine groups is 1. The lowest BCUT2D eigenvalue weighted by Crippen LogP contribution is -2.44. The molecule has 1 aliphatic rings. The normalized spacial score (nSPS) is 15.4. The molecule has 0 bridgehead atoms. The standard InChI is InChI=1S/C15H18ClN7O3/c1-10(23-20-15(19-21-23)22-6-8-26-9-7-22)13(24)17-18-14(25)11-2-4-12(16)5-3-11/h2-5,10H,6-9H2,1H3,(H,17,24)(H,18,25). The van der Waals surface area contributed by atoms with Crippen LogP contribution in [0.15, 0.2) is 24.3 Å². The number of nitrogens with zero attached hydrogens (tertiary/aromatic N) is 5. The zero-order valence-electron chi connectivity index (χ0n) is 14.1. The van der Waals surface area contributed by atoms with Crippen molar-refractivity contribution in [3.8, 4) is 0 Å². The number of nitrogens with one attached hydrogen (secondary N) is 2. The Kier molecular flexibility index (Phi) is 5.64. The molecule has 1 atom stereocenters. The number of hydrogen-bond acceptors (Lipinski definition) is 7. The van der Waals surface area contributed by atoms with Gasteiger partial charge in [0.25, 0.3) is 17.8 Å². The second-order valence-electron chi connectivity index (χ2n) is 5.64. The van der Waals surface area contributed by atoms with E-state index in [4.69, 9.17) is 16.3 Å². The zero-order valence-corrected chi connectivity index (χ0v) is 14.8. The molecule has 1 aromatic heterocycles. The van der Waals surface area contributed by atoms with Crippen molar-refractivity contribution in [1.29, 1.82) is 0 Å². The SMILES string of the molecule is CC(C(=O)NNC(=O)c1ccc(Cl)cc1)n1nnc(N2CCOCC2)n1. The highest BCUT2D eigenvalue weighted by Gasteiger charge is 2.22. The van der Waals surface area contributed by atoms with Crippen molar-refractivity contribution in [3.63, 3.8) is 0 Å². The van der Waals surface area contributed by atoms with E-state index in [1.54, 1.807) is 31.2 Å². The summed E-state index contributed by atoms with van der Waals surface area (Å²) in [6.45, 7) is 4.14. The predicted octanol–water partition coefficient (Wildman–Crippen LogP) is 0.185. The van der Waals surface area contributed by atoms with Gasteiger partial charge in [0.15, 0.2) is 6.04 Å². The van der Waals surface area contributed by atoms with Crippen LogP contribution in [-0.2, 0) is 9.53 Å². The fourth-order valence-electron chi connectivity index (χ4n) is 2.27. The lowest BCUT2D eigenvalue weighted by atomic mass is 10.2. The van der Waals surface area contributed by atoms with E-state index >= 15 is 0 Å². The van der Waals surface area contributed by atoms with E-state index in [0.717, 1.165) is 0 Å². The molecular formula is C15H18ClN7O3. The largest absolute Gasteiger partial charge is 0.378 e. The van der Waals surface area contributed by atoms with Gasteiger partial charge in [0.1, 0.15) is 0 Å². The van der Waals surface area contributed by atoms with Gasteiger partial charge in [0.2, 0.25) is 0 Å². The first-order valence-corrected chi connectivity index (χ1v) is 8.40. The Morgan fingerprint density at radius 3 is 2.58 bits per heavy atom. The minimum atomic E-state index is -0.747. The average Bonchev–Trinajstić information content (AvgIpc) is 3.16. The highest BCUT2D eigenvalue weighted by molar-refractivity contribution is 6.30. The summed E-state index contributed by atoms with van der Waals surface area (Å²) < 4.78 is 5.27. The summed E-state index contributed by atoms with van der Waals surface area (Å²) in [5, 5.41) is 12.6. The fraction of sp³-hybridized carbons (Fsp3) is 0.400. The molecule has 0 spiro atoms. The van der Waals surface area contributed by atoms with Gasteiger partial charge >= 0.3 is 0 Å². The number of anilines is 1. The molecule has 2 N–H and O–H groups in total. The third kappa shape index (κ3) is 4.27. The van der Waals surface area contributed by atoms with Crippen molar-refractivity contribution in [2.75, 3.05) is 31.2 Å². The van der Waals surface area contributed by atoms with Gasteiger partial charge in [-0.2, -0.15) is 0 Å². The number of rotatable bonds is 4. The molecule has 2 aromatic rings. The molecule has 1 aromatic carbocycles. The summed E-state index contributed by atoms with van der Waals surface area (Å²) in [6.07, 6.45) is 0. The smallest absolute Gasteiger partial charge is 0.269 e. The van der Waals surface area contributed by atoms with E-state index in [1.165, 1.54) is 4.80 Å². The second kappa shape index (κ2) is 8.11. The average molecular weight is 380 g/mol.